The van der Waals surface area contributed by atoms with E-state index in [4.69, 9.17) is 13.9 Å². The molecule has 0 spiro atoms. The Balaban J connectivity index is 1.63. The minimum absolute atomic E-state index is 0.216. The maximum absolute atomic E-state index is 13.7. The summed E-state index contributed by atoms with van der Waals surface area (Å²) < 4.78 is 19.6. The number of carbonyl (C=O) groups excluding carboxylic acids is 1. The highest BCUT2D eigenvalue weighted by Gasteiger charge is 2.33. The Bertz CT molecular complexity index is 1700. The van der Waals surface area contributed by atoms with E-state index in [-0.39, 0.29) is 12.2 Å². The van der Waals surface area contributed by atoms with E-state index in [1.807, 2.05) is 48.5 Å². The number of hydrogen-bond donors (Lipinski definition) is 0. The van der Waals surface area contributed by atoms with E-state index in [1.54, 1.807) is 43.7 Å². The third-order valence-corrected chi connectivity index (χ3v) is 7.43. The summed E-state index contributed by atoms with van der Waals surface area (Å²) in [6.07, 6.45) is 1.71. The lowest BCUT2D eigenvalue weighted by Gasteiger charge is -2.24. The molecule has 1 aliphatic rings. The largest absolute Gasteiger partial charge is 0.497 e. The zero-order chi connectivity index (χ0) is 26.1. The summed E-state index contributed by atoms with van der Waals surface area (Å²) in [5.41, 5.74) is 2.26. The van der Waals surface area contributed by atoms with Gasteiger partial charge in [0.15, 0.2) is 4.80 Å². The van der Waals surface area contributed by atoms with Gasteiger partial charge >= 0.3 is 5.97 Å². The summed E-state index contributed by atoms with van der Waals surface area (Å²) in [4.78, 5) is 31.8. The molecular weight excluding hydrogens is 556 g/mol. The molecular formula is C28H23BrN2O5S. The molecule has 1 atom stereocenters. The molecule has 1 aliphatic heterocycles. The number of allylic oxidation sites excluding steroid dienone is 1. The van der Waals surface area contributed by atoms with Gasteiger partial charge in [0, 0.05) is 16.1 Å². The molecule has 37 heavy (non-hydrogen) atoms. The molecule has 0 unspecified atom stereocenters. The number of fused-ring (bicyclic) bond motifs is 1. The van der Waals surface area contributed by atoms with Gasteiger partial charge in [-0.2, -0.15) is 0 Å². The predicted octanol–water partition coefficient (Wildman–Crippen LogP) is 4.83. The number of carbonyl (C=O) groups is 1. The monoisotopic (exact) mass is 578 g/mol. The van der Waals surface area contributed by atoms with Crippen LogP contribution in [0.4, 0.5) is 0 Å². The number of esters is 1. The van der Waals surface area contributed by atoms with Gasteiger partial charge in [0.2, 0.25) is 0 Å². The maximum Gasteiger partial charge on any atom is 0.338 e. The maximum atomic E-state index is 13.7. The van der Waals surface area contributed by atoms with E-state index >= 15 is 0 Å². The van der Waals surface area contributed by atoms with Crippen LogP contribution >= 0.6 is 27.3 Å². The van der Waals surface area contributed by atoms with Crippen LogP contribution in [-0.2, 0) is 9.53 Å². The Morgan fingerprint density at radius 1 is 1.19 bits per heavy atom. The normalized spacial score (nSPS) is 15.4. The van der Waals surface area contributed by atoms with E-state index in [0.717, 1.165) is 15.6 Å². The Hall–Kier alpha value is -3.69. The van der Waals surface area contributed by atoms with Gasteiger partial charge in [-0.15, -0.1) is 0 Å². The molecule has 5 rings (SSSR count). The number of halogens is 1. The van der Waals surface area contributed by atoms with Crippen LogP contribution in [0.1, 0.15) is 31.2 Å². The predicted molar refractivity (Wildman–Crippen MR) is 145 cm³/mol. The second kappa shape index (κ2) is 10.4. The van der Waals surface area contributed by atoms with Gasteiger partial charge in [-0.25, -0.2) is 9.79 Å². The molecule has 0 fully saturated rings. The lowest BCUT2D eigenvalue weighted by Crippen LogP contribution is -2.39. The lowest BCUT2D eigenvalue weighted by atomic mass is 9.96. The van der Waals surface area contributed by atoms with Crippen molar-refractivity contribution in [2.24, 2.45) is 4.99 Å². The highest BCUT2D eigenvalue weighted by molar-refractivity contribution is 9.10. The smallest absolute Gasteiger partial charge is 0.338 e. The molecule has 0 saturated carbocycles. The zero-order valence-corrected chi connectivity index (χ0v) is 22.8. The van der Waals surface area contributed by atoms with Gasteiger partial charge < -0.3 is 13.9 Å². The van der Waals surface area contributed by atoms with E-state index in [1.165, 1.54) is 11.3 Å². The first kappa shape index (κ1) is 25.0. The van der Waals surface area contributed by atoms with Crippen LogP contribution in [-0.4, -0.2) is 24.3 Å². The molecule has 0 amide bonds. The van der Waals surface area contributed by atoms with Crippen LogP contribution in [0.15, 0.2) is 90.6 Å². The summed E-state index contributed by atoms with van der Waals surface area (Å²) in [5, 5.41) is 0. The van der Waals surface area contributed by atoms with Gasteiger partial charge in [-0.3, -0.25) is 9.36 Å². The number of hydrogen-bond acceptors (Lipinski definition) is 7. The van der Waals surface area contributed by atoms with Crippen LogP contribution < -0.4 is 19.6 Å². The molecule has 188 valence electrons. The second-order valence-electron chi connectivity index (χ2n) is 8.29. The first-order chi connectivity index (χ1) is 17.9. The Kier molecular flexibility index (Phi) is 6.99. The van der Waals surface area contributed by atoms with Crippen LogP contribution in [0.2, 0.25) is 0 Å². The summed E-state index contributed by atoms with van der Waals surface area (Å²) in [6, 6.07) is 18.1. The highest BCUT2D eigenvalue weighted by atomic mass is 79.9. The molecule has 0 radical (unpaired) electrons. The molecule has 9 heteroatoms. The Morgan fingerprint density at radius 3 is 2.68 bits per heavy atom. The number of furan rings is 1. The van der Waals surface area contributed by atoms with Crippen molar-refractivity contribution in [3.63, 3.8) is 0 Å². The Labute approximate surface area is 225 Å². The third-order valence-electron chi connectivity index (χ3n) is 5.96. The van der Waals surface area contributed by atoms with E-state index in [9.17, 15) is 9.59 Å². The van der Waals surface area contributed by atoms with Crippen molar-refractivity contribution in [2.45, 2.75) is 19.9 Å². The van der Waals surface area contributed by atoms with Gasteiger partial charge in [-0.1, -0.05) is 51.5 Å². The standard InChI is InChI=1S/C28H23BrN2O5S/c1-4-35-27(33)24-16(2)30-28-31(25(24)17-8-10-20(34-3)11-9-17)26(32)23(37-28)15-21-12-13-22(36-21)18-6-5-7-19(29)14-18/h5-15,25H,4H2,1-3H3/t25-/m1/s1. The average molecular weight is 579 g/mol. The first-order valence-electron chi connectivity index (χ1n) is 11.6. The number of thiazole rings is 1. The molecule has 4 aromatic rings. The molecule has 0 saturated heterocycles. The van der Waals surface area contributed by atoms with Crippen molar-refractivity contribution in [1.29, 1.82) is 0 Å². The van der Waals surface area contributed by atoms with Crippen molar-refractivity contribution in [1.82, 2.24) is 4.57 Å². The number of methoxy groups -OCH3 is 1. The van der Waals surface area contributed by atoms with E-state index in [2.05, 4.69) is 20.9 Å². The fraction of sp³-hybridized carbons (Fsp3) is 0.179. The molecule has 7 nitrogen and oxygen atoms in total. The van der Waals surface area contributed by atoms with E-state index < -0.39 is 12.0 Å². The van der Waals surface area contributed by atoms with Gasteiger partial charge in [0.05, 0.1) is 35.6 Å². The Morgan fingerprint density at radius 2 is 1.97 bits per heavy atom. The second-order valence-corrected chi connectivity index (χ2v) is 10.2. The van der Waals surface area contributed by atoms with Crippen LogP contribution in [0.3, 0.4) is 0 Å². The molecule has 0 bridgehead atoms. The number of rotatable bonds is 6. The number of ether oxygens (including phenoxy) is 2. The molecule has 0 aliphatic carbocycles. The molecule has 0 N–H and O–H groups in total. The van der Waals surface area contributed by atoms with Crippen molar-refractivity contribution in [3.8, 4) is 17.1 Å². The van der Waals surface area contributed by atoms with Gasteiger partial charge in [0.1, 0.15) is 17.3 Å². The minimum atomic E-state index is -0.683. The molecule has 2 aromatic heterocycles. The zero-order valence-electron chi connectivity index (χ0n) is 20.4. The van der Waals surface area contributed by atoms with Crippen LogP contribution in [0.25, 0.3) is 17.4 Å². The number of nitrogens with zero attached hydrogens (tertiary/aromatic N) is 2. The van der Waals surface area contributed by atoms with Crippen molar-refractivity contribution in [2.75, 3.05) is 13.7 Å². The van der Waals surface area contributed by atoms with Crippen molar-refractivity contribution >= 4 is 39.3 Å². The van der Waals surface area contributed by atoms with Gasteiger partial charge in [-0.05, 0) is 55.8 Å². The van der Waals surface area contributed by atoms with Gasteiger partial charge in [0.25, 0.3) is 5.56 Å². The summed E-state index contributed by atoms with van der Waals surface area (Å²) >= 11 is 4.73. The summed E-state index contributed by atoms with van der Waals surface area (Å²) in [7, 11) is 1.59. The SMILES string of the molecule is CCOC(=O)C1=C(C)N=c2sc(=Cc3ccc(-c4cccc(Br)c4)o3)c(=O)n2[C@@H]1c1ccc(OC)cc1. The fourth-order valence-corrected chi connectivity index (χ4v) is 5.68. The summed E-state index contributed by atoms with van der Waals surface area (Å²) in [5.74, 6) is 1.41. The summed E-state index contributed by atoms with van der Waals surface area (Å²) in [6.45, 7) is 3.72. The van der Waals surface area contributed by atoms with Crippen molar-refractivity contribution < 1.29 is 18.7 Å². The minimum Gasteiger partial charge on any atom is -0.497 e. The highest BCUT2D eigenvalue weighted by Crippen LogP contribution is 2.31. The van der Waals surface area contributed by atoms with E-state index in [0.29, 0.717) is 37.9 Å². The van der Waals surface area contributed by atoms with Crippen molar-refractivity contribution in [3.05, 3.63) is 107 Å². The average Bonchev–Trinajstić information content (AvgIpc) is 3.48. The third kappa shape index (κ3) is 4.84. The topological polar surface area (TPSA) is 83.0 Å². The number of benzene rings is 2. The molecule has 3 heterocycles. The lowest BCUT2D eigenvalue weighted by molar-refractivity contribution is -0.139. The first-order valence-corrected chi connectivity index (χ1v) is 13.2. The number of aromatic nitrogens is 1. The quantitative estimate of drug-likeness (QED) is 0.306. The molecule has 2 aromatic carbocycles. The fourth-order valence-electron chi connectivity index (χ4n) is 4.25. The van der Waals surface area contributed by atoms with Crippen LogP contribution in [0.5, 0.6) is 5.75 Å². The van der Waals surface area contributed by atoms with Crippen LogP contribution in [0, 0.1) is 0 Å².